The number of halogens is 1. The lowest BCUT2D eigenvalue weighted by Gasteiger charge is -2.26. The highest BCUT2D eigenvalue weighted by Gasteiger charge is 2.45. The first kappa shape index (κ1) is 29.5. The number of amides is 1. The topological polar surface area (TPSA) is 138 Å². The number of ketones is 1. The number of hydrogen-bond acceptors (Lipinski definition) is 8. The van der Waals surface area contributed by atoms with Gasteiger partial charge in [0.2, 0.25) is 5.91 Å². The Morgan fingerprint density at radius 3 is 2.52 bits per heavy atom. The Kier molecular flexibility index (Phi) is 7.28. The third-order valence-corrected chi connectivity index (χ3v) is 8.55. The van der Waals surface area contributed by atoms with Gasteiger partial charge in [-0.2, -0.15) is 0 Å². The summed E-state index contributed by atoms with van der Waals surface area (Å²) in [7, 11) is 0. The van der Waals surface area contributed by atoms with E-state index in [0.717, 1.165) is 24.0 Å². The van der Waals surface area contributed by atoms with E-state index in [1.807, 2.05) is 13.8 Å². The molecule has 1 aliphatic heterocycles. The van der Waals surface area contributed by atoms with Crippen molar-refractivity contribution < 1.29 is 33.1 Å². The van der Waals surface area contributed by atoms with E-state index < -0.39 is 22.7 Å². The van der Waals surface area contributed by atoms with Crippen molar-refractivity contribution in [1.82, 2.24) is 10.1 Å². The molecule has 4 aromatic rings. The highest BCUT2D eigenvalue weighted by Crippen LogP contribution is 2.46. The van der Waals surface area contributed by atoms with Gasteiger partial charge in [-0.25, -0.2) is 9.37 Å². The van der Waals surface area contributed by atoms with Crippen molar-refractivity contribution in [3.63, 3.8) is 0 Å². The Labute approximate surface area is 254 Å². The quantitative estimate of drug-likeness (QED) is 0.221. The largest absolute Gasteiger partial charge is 0.490 e. The van der Waals surface area contributed by atoms with Crippen LogP contribution < -0.4 is 15.2 Å². The molecule has 10 heteroatoms. The zero-order valence-corrected chi connectivity index (χ0v) is 25.1. The van der Waals surface area contributed by atoms with Gasteiger partial charge < -0.3 is 24.8 Å². The van der Waals surface area contributed by atoms with Gasteiger partial charge in [0.1, 0.15) is 46.4 Å². The minimum Gasteiger partial charge on any atom is -0.490 e. The number of aryl methyl sites for hydroxylation is 2. The number of pyridine rings is 1. The fourth-order valence-corrected chi connectivity index (χ4v) is 5.53. The number of carbonyl (C=O) groups excluding carboxylic acids is 2. The average molecular weight is 600 g/mol. The number of primary amides is 1. The highest BCUT2D eigenvalue weighted by atomic mass is 19.1. The third kappa shape index (κ3) is 5.34. The maximum atomic E-state index is 13.7. The van der Waals surface area contributed by atoms with Crippen LogP contribution in [-0.2, 0) is 15.8 Å². The number of benzene rings is 2. The SMILES string of the molecule is Cc1noc(C)c1-c1cc(C(=O)CC[C@](C)(O)c2cc3c(c(-c4ccc(F)cc4)n2)OC[C@]3(C)C(N)=O)ccc1OC1CC1. The second-order valence-corrected chi connectivity index (χ2v) is 12.1. The van der Waals surface area contributed by atoms with E-state index in [4.69, 9.17) is 24.7 Å². The Morgan fingerprint density at radius 1 is 1.16 bits per heavy atom. The van der Waals surface area contributed by atoms with Gasteiger partial charge in [-0.15, -0.1) is 0 Å². The number of fused-ring (bicyclic) bond motifs is 1. The molecular formula is C34H34FN3O6. The van der Waals surface area contributed by atoms with E-state index in [1.54, 1.807) is 50.2 Å². The van der Waals surface area contributed by atoms with Gasteiger partial charge in [0.25, 0.3) is 0 Å². The van der Waals surface area contributed by atoms with Crippen molar-refractivity contribution in [3.8, 4) is 33.9 Å². The summed E-state index contributed by atoms with van der Waals surface area (Å²) in [6.45, 7) is 6.91. The van der Waals surface area contributed by atoms with Crippen LogP contribution >= 0.6 is 0 Å². The number of hydrogen-bond donors (Lipinski definition) is 2. The molecule has 2 aromatic carbocycles. The maximum absolute atomic E-state index is 13.7. The van der Waals surface area contributed by atoms with Crippen LogP contribution in [-0.4, -0.2) is 39.6 Å². The van der Waals surface area contributed by atoms with Gasteiger partial charge >= 0.3 is 0 Å². The van der Waals surface area contributed by atoms with E-state index in [0.29, 0.717) is 45.3 Å². The molecule has 3 heterocycles. The van der Waals surface area contributed by atoms with Crippen LogP contribution in [0.25, 0.3) is 22.4 Å². The lowest BCUT2D eigenvalue weighted by molar-refractivity contribution is -0.123. The van der Waals surface area contributed by atoms with Gasteiger partial charge in [-0.1, -0.05) is 5.16 Å². The minimum absolute atomic E-state index is 0.00506. The molecule has 1 aliphatic carbocycles. The Bertz CT molecular complexity index is 1760. The molecule has 228 valence electrons. The molecule has 0 radical (unpaired) electrons. The zero-order chi connectivity index (χ0) is 31.4. The van der Waals surface area contributed by atoms with Crippen LogP contribution in [0.2, 0.25) is 0 Å². The Hall–Kier alpha value is -4.57. The number of ether oxygens (including phenoxy) is 2. The van der Waals surface area contributed by atoms with Gasteiger partial charge in [0.15, 0.2) is 5.78 Å². The number of nitrogens with two attached hydrogens (primary N) is 1. The molecule has 0 bridgehead atoms. The van der Waals surface area contributed by atoms with Gasteiger partial charge in [-0.3, -0.25) is 9.59 Å². The molecule has 3 N–H and O–H groups in total. The molecule has 1 saturated carbocycles. The van der Waals surface area contributed by atoms with Crippen LogP contribution in [0.4, 0.5) is 4.39 Å². The highest BCUT2D eigenvalue weighted by molar-refractivity contribution is 5.98. The number of rotatable bonds is 10. The summed E-state index contributed by atoms with van der Waals surface area (Å²) in [5.74, 6) is 0.467. The van der Waals surface area contributed by atoms with Crippen LogP contribution in [0.15, 0.2) is 53.1 Å². The average Bonchev–Trinajstić information content (AvgIpc) is 3.66. The smallest absolute Gasteiger partial charge is 0.231 e. The monoisotopic (exact) mass is 599 g/mol. The lowest BCUT2D eigenvalue weighted by Crippen LogP contribution is -2.40. The first-order chi connectivity index (χ1) is 20.9. The second kappa shape index (κ2) is 10.9. The second-order valence-electron chi connectivity index (χ2n) is 12.1. The maximum Gasteiger partial charge on any atom is 0.231 e. The van der Waals surface area contributed by atoms with Crippen LogP contribution in [0.5, 0.6) is 11.5 Å². The molecule has 44 heavy (non-hydrogen) atoms. The van der Waals surface area contributed by atoms with Crippen LogP contribution in [0.1, 0.15) is 72.6 Å². The van der Waals surface area contributed by atoms with Crippen molar-refractivity contribution >= 4 is 11.7 Å². The predicted octanol–water partition coefficient (Wildman–Crippen LogP) is 5.71. The molecule has 1 amide bonds. The van der Waals surface area contributed by atoms with E-state index in [2.05, 4.69) is 5.16 Å². The summed E-state index contributed by atoms with van der Waals surface area (Å²) >= 11 is 0. The standard InChI is InChI=1S/C34H34FN3O6/c1-18-29(19(2)44-38-18)24-15-21(7-12-27(24)43-23-10-11-23)26(39)13-14-34(4,41)28-16-25-31(42-17-33(25,3)32(36)40)30(37-28)20-5-8-22(35)9-6-20/h5-9,12,15-16,23,41H,10-11,13-14,17H2,1-4H3,(H2,36,40)/t33-,34-/m0/s1. The van der Waals surface area contributed by atoms with Gasteiger partial charge in [0.05, 0.1) is 23.1 Å². The fraction of sp³-hybridized carbons (Fsp3) is 0.353. The van der Waals surface area contributed by atoms with Crippen molar-refractivity contribution in [2.24, 2.45) is 5.73 Å². The molecule has 9 nitrogen and oxygen atoms in total. The number of carbonyl (C=O) groups is 2. The molecular weight excluding hydrogens is 565 g/mol. The first-order valence-electron chi connectivity index (χ1n) is 14.6. The van der Waals surface area contributed by atoms with Crippen molar-refractivity contribution in [2.45, 2.75) is 70.5 Å². The minimum atomic E-state index is -1.57. The summed E-state index contributed by atoms with van der Waals surface area (Å²) in [5, 5.41) is 15.8. The molecule has 0 saturated heterocycles. The van der Waals surface area contributed by atoms with E-state index in [-0.39, 0.29) is 37.0 Å². The molecule has 6 rings (SSSR count). The van der Waals surface area contributed by atoms with Crippen molar-refractivity contribution in [1.29, 1.82) is 0 Å². The molecule has 0 spiro atoms. The summed E-state index contributed by atoms with van der Waals surface area (Å²) in [4.78, 5) is 30.7. The number of aromatic nitrogens is 2. The summed E-state index contributed by atoms with van der Waals surface area (Å²) in [6.07, 6.45) is 2.18. The Balaban J connectivity index is 1.31. The van der Waals surface area contributed by atoms with Gasteiger partial charge in [0, 0.05) is 28.7 Å². The van der Waals surface area contributed by atoms with Crippen LogP contribution in [0.3, 0.4) is 0 Å². The Morgan fingerprint density at radius 2 is 1.89 bits per heavy atom. The predicted molar refractivity (Wildman–Crippen MR) is 160 cm³/mol. The van der Waals surface area contributed by atoms with E-state index in [1.165, 1.54) is 12.1 Å². The summed E-state index contributed by atoms with van der Waals surface area (Å²) in [6, 6.07) is 12.6. The molecule has 1 fully saturated rings. The molecule has 2 aliphatic rings. The van der Waals surface area contributed by atoms with E-state index >= 15 is 0 Å². The fourth-order valence-electron chi connectivity index (χ4n) is 5.53. The summed E-state index contributed by atoms with van der Waals surface area (Å²) < 4.78 is 31.1. The molecule has 2 aromatic heterocycles. The first-order valence-corrected chi connectivity index (χ1v) is 14.6. The van der Waals surface area contributed by atoms with Crippen molar-refractivity contribution in [2.75, 3.05) is 6.61 Å². The van der Waals surface area contributed by atoms with Crippen LogP contribution in [0, 0.1) is 19.7 Å². The lowest BCUT2D eigenvalue weighted by atomic mass is 9.81. The van der Waals surface area contributed by atoms with E-state index in [9.17, 15) is 19.1 Å². The normalized spacial score (nSPS) is 18.8. The number of nitrogens with zero attached hydrogens (tertiary/aromatic N) is 2. The van der Waals surface area contributed by atoms with Gasteiger partial charge in [-0.05, 0) is 95.5 Å². The number of Topliss-reactive ketones (excluding diaryl/α,β-unsaturated/α-hetero) is 1. The zero-order valence-electron chi connectivity index (χ0n) is 25.1. The summed E-state index contributed by atoms with van der Waals surface area (Å²) in [5.41, 5.74) is 7.35. The third-order valence-electron chi connectivity index (χ3n) is 8.55. The number of aliphatic hydroxyl groups is 1. The molecule has 0 unspecified atom stereocenters. The van der Waals surface area contributed by atoms with Crippen molar-refractivity contribution in [3.05, 3.63) is 82.6 Å². The molecule has 2 atom stereocenters.